The van der Waals surface area contributed by atoms with E-state index < -0.39 is 0 Å². The summed E-state index contributed by atoms with van der Waals surface area (Å²) < 4.78 is 5.36. The van der Waals surface area contributed by atoms with E-state index >= 15 is 0 Å². The quantitative estimate of drug-likeness (QED) is 0.929. The third-order valence-electron chi connectivity index (χ3n) is 3.62. The number of carbonyl (C=O) groups excluding carboxylic acids is 1. The summed E-state index contributed by atoms with van der Waals surface area (Å²) in [6.45, 7) is 8.40. The van der Waals surface area contributed by atoms with E-state index in [1.165, 1.54) is 0 Å². The standard InChI is InChI=1S/C15H22ClN3O2/c1-3-18(4-2)15(20)17-14-11-12(5-6-13(14)16)19-7-9-21-10-8-19/h5-6,11H,3-4,7-10H2,1-2H3,(H,17,20). The lowest BCUT2D eigenvalue weighted by atomic mass is 10.2. The maximum atomic E-state index is 12.1. The summed E-state index contributed by atoms with van der Waals surface area (Å²) >= 11 is 6.19. The van der Waals surface area contributed by atoms with Gasteiger partial charge in [0.15, 0.2) is 0 Å². The van der Waals surface area contributed by atoms with Crippen molar-refractivity contribution in [3.05, 3.63) is 23.2 Å². The van der Waals surface area contributed by atoms with Crippen LogP contribution in [0.1, 0.15) is 13.8 Å². The number of urea groups is 1. The van der Waals surface area contributed by atoms with Gasteiger partial charge in [-0.3, -0.25) is 0 Å². The first-order chi connectivity index (χ1) is 10.2. The normalized spacial score (nSPS) is 14.9. The molecule has 1 aromatic rings. The summed E-state index contributed by atoms with van der Waals surface area (Å²) in [6, 6.07) is 5.60. The smallest absolute Gasteiger partial charge is 0.321 e. The Morgan fingerprint density at radius 3 is 2.62 bits per heavy atom. The monoisotopic (exact) mass is 311 g/mol. The molecule has 1 aromatic carbocycles. The van der Waals surface area contributed by atoms with Crippen molar-refractivity contribution in [2.75, 3.05) is 49.6 Å². The van der Waals surface area contributed by atoms with Crippen LogP contribution in [0.3, 0.4) is 0 Å². The number of nitrogens with zero attached hydrogens (tertiary/aromatic N) is 2. The van der Waals surface area contributed by atoms with E-state index in [1.54, 1.807) is 4.90 Å². The Bertz CT molecular complexity index is 486. The molecule has 0 radical (unpaired) electrons. The van der Waals surface area contributed by atoms with Crippen molar-refractivity contribution in [2.45, 2.75) is 13.8 Å². The minimum absolute atomic E-state index is 0.124. The Labute approximate surface area is 130 Å². The number of benzene rings is 1. The lowest BCUT2D eigenvalue weighted by Gasteiger charge is -2.29. The van der Waals surface area contributed by atoms with Gasteiger partial charge < -0.3 is 19.9 Å². The summed E-state index contributed by atoms with van der Waals surface area (Å²) in [4.78, 5) is 16.1. The number of hydrogen-bond acceptors (Lipinski definition) is 3. The highest BCUT2D eigenvalue weighted by atomic mass is 35.5. The predicted molar refractivity (Wildman–Crippen MR) is 86.4 cm³/mol. The van der Waals surface area contributed by atoms with Crippen molar-refractivity contribution in [3.63, 3.8) is 0 Å². The van der Waals surface area contributed by atoms with Crippen LogP contribution in [0.5, 0.6) is 0 Å². The largest absolute Gasteiger partial charge is 0.378 e. The number of halogens is 1. The Kier molecular flexibility index (Phi) is 5.70. The fraction of sp³-hybridized carbons (Fsp3) is 0.533. The second kappa shape index (κ2) is 7.52. The number of nitrogens with one attached hydrogen (secondary N) is 1. The molecule has 0 unspecified atom stereocenters. The SMILES string of the molecule is CCN(CC)C(=O)Nc1cc(N2CCOCC2)ccc1Cl. The molecule has 0 atom stereocenters. The van der Waals surface area contributed by atoms with Gasteiger partial charge >= 0.3 is 6.03 Å². The van der Waals surface area contributed by atoms with Crippen LogP contribution in [0.4, 0.5) is 16.2 Å². The molecule has 0 spiro atoms. The molecule has 5 nitrogen and oxygen atoms in total. The lowest BCUT2D eigenvalue weighted by molar-refractivity contribution is 0.122. The summed E-state index contributed by atoms with van der Waals surface area (Å²) in [5.74, 6) is 0. The second-order valence-corrected chi connectivity index (χ2v) is 5.27. The van der Waals surface area contributed by atoms with Crippen molar-refractivity contribution in [3.8, 4) is 0 Å². The second-order valence-electron chi connectivity index (χ2n) is 4.87. The molecule has 1 aliphatic rings. The molecule has 1 saturated heterocycles. The van der Waals surface area contributed by atoms with Crippen LogP contribution in [-0.4, -0.2) is 50.3 Å². The molecular weight excluding hydrogens is 290 g/mol. The van der Waals surface area contributed by atoms with Gasteiger partial charge in [0.1, 0.15) is 0 Å². The average molecular weight is 312 g/mol. The van der Waals surface area contributed by atoms with Gasteiger partial charge in [-0.25, -0.2) is 4.79 Å². The van der Waals surface area contributed by atoms with E-state index in [1.807, 2.05) is 32.0 Å². The average Bonchev–Trinajstić information content (AvgIpc) is 2.51. The van der Waals surface area contributed by atoms with E-state index in [0.29, 0.717) is 23.8 Å². The minimum Gasteiger partial charge on any atom is -0.378 e. The number of carbonyl (C=O) groups is 1. The molecule has 6 heteroatoms. The number of ether oxygens (including phenoxy) is 1. The third-order valence-corrected chi connectivity index (χ3v) is 3.95. The molecule has 1 N–H and O–H groups in total. The van der Waals surface area contributed by atoms with Crippen molar-refractivity contribution in [2.24, 2.45) is 0 Å². The highest BCUT2D eigenvalue weighted by Crippen LogP contribution is 2.28. The maximum Gasteiger partial charge on any atom is 0.321 e. The number of anilines is 2. The van der Waals surface area contributed by atoms with Crippen LogP contribution >= 0.6 is 11.6 Å². The molecule has 2 rings (SSSR count). The molecular formula is C15H22ClN3O2. The van der Waals surface area contributed by atoms with Crippen LogP contribution in [0, 0.1) is 0 Å². The zero-order valence-corrected chi connectivity index (χ0v) is 13.3. The fourth-order valence-electron chi connectivity index (χ4n) is 2.33. The first-order valence-electron chi connectivity index (χ1n) is 7.33. The first-order valence-corrected chi connectivity index (χ1v) is 7.71. The number of morpholine rings is 1. The summed E-state index contributed by atoms with van der Waals surface area (Å²) in [7, 11) is 0. The molecule has 1 fully saturated rings. The first kappa shape index (κ1) is 15.9. The predicted octanol–water partition coefficient (Wildman–Crippen LogP) is 3.05. The van der Waals surface area contributed by atoms with Crippen LogP contribution < -0.4 is 10.2 Å². The Morgan fingerprint density at radius 1 is 1.33 bits per heavy atom. The Morgan fingerprint density at radius 2 is 2.00 bits per heavy atom. The molecule has 21 heavy (non-hydrogen) atoms. The van der Waals surface area contributed by atoms with Crippen molar-refractivity contribution < 1.29 is 9.53 Å². The lowest BCUT2D eigenvalue weighted by Crippen LogP contribution is -2.36. The topological polar surface area (TPSA) is 44.8 Å². The van der Waals surface area contributed by atoms with Gasteiger partial charge in [-0.2, -0.15) is 0 Å². The van der Waals surface area contributed by atoms with E-state index in [-0.39, 0.29) is 6.03 Å². The van der Waals surface area contributed by atoms with E-state index in [2.05, 4.69) is 10.2 Å². The van der Waals surface area contributed by atoms with Crippen molar-refractivity contribution in [1.29, 1.82) is 0 Å². The van der Waals surface area contributed by atoms with Gasteiger partial charge in [-0.15, -0.1) is 0 Å². The van der Waals surface area contributed by atoms with Gasteiger partial charge in [0.2, 0.25) is 0 Å². The number of amides is 2. The van der Waals surface area contributed by atoms with Gasteiger partial charge in [0.25, 0.3) is 0 Å². The van der Waals surface area contributed by atoms with Gasteiger partial charge in [0.05, 0.1) is 23.9 Å². The van der Waals surface area contributed by atoms with Gasteiger partial charge in [0, 0.05) is 31.9 Å². The van der Waals surface area contributed by atoms with E-state index in [0.717, 1.165) is 32.0 Å². The van der Waals surface area contributed by atoms with Crippen LogP contribution in [0.2, 0.25) is 5.02 Å². The molecule has 0 aliphatic carbocycles. The molecule has 116 valence electrons. The van der Waals surface area contributed by atoms with E-state index in [4.69, 9.17) is 16.3 Å². The van der Waals surface area contributed by atoms with Crippen LogP contribution in [0.25, 0.3) is 0 Å². The fourth-order valence-corrected chi connectivity index (χ4v) is 2.50. The maximum absolute atomic E-state index is 12.1. The molecule has 0 bridgehead atoms. The van der Waals surface area contributed by atoms with Crippen LogP contribution in [0.15, 0.2) is 18.2 Å². The number of rotatable bonds is 4. The zero-order chi connectivity index (χ0) is 15.2. The molecule has 1 aliphatic heterocycles. The third kappa shape index (κ3) is 4.02. The summed E-state index contributed by atoms with van der Waals surface area (Å²) in [5, 5.41) is 3.44. The van der Waals surface area contributed by atoms with Gasteiger partial charge in [-0.1, -0.05) is 11.6 Å². The highest BCUT2D eigenvalue weighted by Gasteiger charge is 2.15. The molecule has 2 amide bonds. The summed E-state index contributed by atoms with van der Waals surface area (Å²) in [5.41, 5.74) is 1.70. The Balaban J connectivity index is 2.13. The molecule has 0 aromatic heterocycles. The number of hydrogen-bond donors (Lipinski definition) is 1. The zero-order valence-electron chi connectivity index (χ0n) is 12.6. The van der Waals surface area contributed by atoms with Crippen LogP contribution in [-0.2, 0) is 4.74 Å². The Hall–Kier alpha value is -1.46. The van der Waals surface area contributed by atoms with E-state index in [9.17, 15) is 4.79 Å². The molecule has 1 heterocycles. The van der Waals surface area contributed by atoms with Gasteiger partial charge in [-0.05, 0) is 32.0 Å². The van der Waals surface area contributed by atoms with Crippen molar-refractivity contribution in [1.82, 2.24) is 4.90 Å². The van der Waals surface area contributed by atoms with Crippen molar-refractivity contribution >= 4 is 29.0 Å². The molecule has 0 saturated carbocycles. The summed E-state index contributed by atoms with van der Waals surface area (Å²) in [6.07, 6.45) is 0. The highest BCUT2D eigenvalue weighted by molar-refractivity contribution is 6.33. The minimum atomic E-state index is -0.124.